The summed E-state index contributed by atoms with van der Waals surface area (Å²) in [6.45, 7) is 2.07. The summed E-state index contributed by atoms with van der Waals surface area (Å²) < 4.78 is 6.01. The zero-order chi connectivity index (χ0) is 13.2. The van der Waals surface area contributed by atoms with Crippen LogP contribution in [0.4, 0.5) is 0 Å². The van der Waals surface area contributed by atoms with Gasteiger partial charge in [0.05, 0.1) is 0 Å². The van der Waals surface area contributed by atoms with Crippen molar-refractivity contribution in [3.05, 3.63) is 40.5 Å². The number of nitrogens with zero attached hydrogens (tertiary/aromatic N) is 6. The van der Waals surface area contributed by atoms with Crippen molar-refractivity contribution in [1.82, 2.24) is 30.3 Å². The molecule has 0 fully saturated rings. The van der Waals surface area contributed by atoms with Gasteiger partial charge in [-0.3, -0.25) is 0 Å². The van der Waals surface area contributed by atoms with Crippen molar-refractivity contribution >= 4 is 15.9 Å². The number of tetrazole rings is 1. The lowest BCUT2D eigenvalue weighted by Crippen LogP contribution is -2.04. The lowest BCUT2D eigenvalue weighted by Gasteiger charge is -1.94. The molecule has 96 valence electrons. The number of hydrogen-bond donors (Lipinski definition) is 0. The molecule has 0 aliphatic carbocycles. The first kappa shape index (κ1) is 12.0. The molecule has 3 rings (SSSR count). The third-order valence-electron chi connectivity index (χ3n) is 2.40. The second kappa shape index (κ2) is 4.88. The first-order valence-corrected chi connectivity index (χ1v) is 6.33. The topological polar surface area (TPSA) is 82.5 Å². The third-order valence-corrected chi connectivity index (χ3v) is 2.93. The average molecular weight is 321 g/mol. The maximum Gasteiger partial charge on any atom is 0.250 e. The maximum absolute atomic E-state index is 5.00. The predicted molar refractivity (Wildman–Crippen MR) is 69.1 cm³/mol. The molecule has 0 aliphatic rings. The fourth-order valence-corrected chi connectivity index (χ4v) is 1.81. The summed E-state index contributed by atoms with van der Waals surface area (Å²) in [5.74, 6) is 1.60. The Balaban J connectivity index is 1.81. The van der Waals surface area contributed by atoms with E-state index in [1.54, 1.807) is 6.92 Å². The Morgan fingerprint density at radius 1 is 1.26 bits per heavy atom. The summed E-state index contributed by atoms with van der Waals surface area (Å²) in [7, 11) is 0. The largest absolute Gasteiger partial charge is 0.337 e. The summed E-state index contributed by atoms with van der Waals surface area (Å²) in [4.78, 5) is 5.51. The summed E-state index contributed by atoms with van der Waals surface area (Å²) in [5, 5.41) is 15.9. The van der Waals surface area contributed by atoms with E-state index in [0.29, 0.717) is 24.1 Å². The van der Waals surface area contributed by atoms with Crippen LogP contribution in [0, 0.1) is 6.92 Å². The lowest BCUT2D eigenvalue weighted by molar-refractivity contribution is 0.353. The molecular weight excluding hydrogens is 312 g/mol. The highest BCUT2D eigenvalue weighted by Crippen LogP contribution is 2.17. The molecule has 0 saturated heterocycles. The molecule has 7 nitrogen and oxygen atoms in total. The van der Waals surface area contributed by atoms with Crippen molar-refractivity contribution in [3.63, 3.8) is 0 Å². The number of halogens is 1. The van der Waals surface area contributed by atoms with Gasteiger partial charge in [0.25, 0.3) is 0 Å². The zero-order valence-corrected chi connectivity index (χ0v) is 11.6. The quantitative estimate of drug-likeness (QED) is 0.732. The molecule has 0 saturated carbocycles. The fraction of sp³-hybridized carbons (Fsp3) is 0.182. The molecule has 0 aliphatic heterocycles. The van der Waals surface area contributed by atoms with E-state index in [-0.39, 0.29) is 0 Å². The summed E-state index contributed by atoms with van der Waals surface area (Å²) >= 11 is 3.38. The van der Waals surface area contributed by atoms with E-state index >= 15 is 0 Å². The van der Waals surface area contributed by atoms with Crippen LogP contribution in [0.3, 0.4) is 0 Å². The van der Waals surface area contributed by atoms with Crippen molar-refractivity contribution in [2.24, 2.45) is 0 Å². The molecule has 0 spiro atoms. The van der Waals surface area contributed by atoms with Gasteiger partial charge in [0.15, 0.2) is 5.82 Å². The van der Waals surface area contributed by atoms with Crippen LogP contribution in [0.1, 0.15) is 11.7 Å². The molecule has 19 heavy (non-hydrogen) atoms. The van der Waals surface area contributed by atoms with Crippen molar-refractivity contribution in [2.45, 2.75) is 13.5 Å². The molecule has 2 heterocycles. The van der Waals surface area contributed by atoms with E-state index in [4.69, 9.17) is 4.52 Å². The van der Waals surface area contributed by atoms with Crippen LogP contribution in [-0.2, 0) is 6.54 Å². The van der Waals surface area contributed by atoms with E-state index in [1.807, 2.05) is 24.3 Å². The van der Waals surface area contributed by atoms with E-state index in [2.05, 4.69) is 41.5 Å². The van der Waals surface area contributed by atoms with Gasteiger partial charge >= 0.3 is 0 Å². The molecule has 0 unspecified atom stereocenters. The second-order valence-corrected chi connectivity index (χ2v) is 4.80. The Morgan fingerprint density at radius 2 is 2.05 bits per heavy atom. The van der Waals surface area contributed by atoms with Gasteiger partial charge in [0, 0.05) is 10.0 Å². The van der Waals surface area contributed by atoms with E-state index in [9.17, 15) is 0 Å². The van der Waals surface area contributed by atoms with E-state index < -0.39 is 0 Å². The maximum atomic E-state index is 5.00. The van der Waals surface area contributed by atoms with Gasteiger partial charge in [-0.05, 0) is 36.4 Å². The molecule has 1 aromatic carbocycles. The van der Waals surface area contributed by atoms with Crippen LogP contribution in [-0.4, -0.2) is 30.3 Å². The fourth-order valence-electron chi connectivity index (χ4n) is 1.55. The minimum Gasteiger partial charge on any atom is -0.337 e. The van der Waals surface area contributed by atoms with E-state index in [0.717, 1.165) is 10.0 Å². The standard InChI is InChI=1S/C11H9BrN6O/c1-7-13-10(19-16-7)6-18-15-11(14-17-18)8-2-4-9(12)5-3-8/h2-5H,6H2,1H3. The number of benzene rings is 1. The monoisotopic (exact) mass is 320 g/mol. The predicted octanol–water partition coefficient (Wildman–Crippen LogP) is 1.84. The summed E-state index contributed by atoms with van der Waals surface area (Å²) in [5.41, 5.74) is 0.899. The average Bonchev–Trinajstić information content (AvgIpc) is 3.00. The van der Waals surface area contributed by atoms with Crippen LogP contribution in [0.2, 0.25) is 0 Å². The van der Waals surface area contributed by atoms with Crippen LogP contribution < -0.4 is 0 Å². The van der Waals surface area contributed by atoms with Crippen molar-refractivity contribution in [1.29, 1.82) is 0 Å². The Morgan fingerprint density at radius 3 is 2.74 bits per heavy atom. The summed E-state index contributed by atoms with van der Waals surface area (Å²) in [6.07, 6.45) is 0. The highest BCUT2D eigenvalue weighted by Gasteiger charge is 2.09. The first-order chi connectivity index (χ1) is 9.20. The normalized spacial score (nSPS) is 10.8. The molecule has 0 N–H and O–H groups in total. The van der Waals surface area contributed by atoms with Gasteiger partial charge in [0.1, 0.15) is 6.54 Å². The molecule has 0 atom stereocenters. The number of aryl methyl sites for hydroxylation is 1. The number of rotatable bonds is 3. The van der Waals surface area contributed by atoms with Crippen molar-refractivity contribution in [3.8, 4) is 11.4 Å². The highest BCUT2D eigenvalue weighted by molar-refractivity contribution is 9.10. The SMILES string of the molecule is Cc1noc(Cn2nnc(-c3ccc(Br)cc3)n2)n1. The molecule has 0 radical (unpaired) electrons. The molecule has 8 heteroatoms. The van der Waals surface area contributed by atoms with E-state index in [1.165, 1.54) is 4.80 Å². The van der Waals surface area contributed by atoms with Crippen LogP contribution in [0.25, 0.3) is 11.4 Å². The summed E-state index contributed by atoms with van der Waals surface area (Å²) in [6, 6.07) is 7.69. The Bertz CT molecular complexity index is 689. The van der Waals surface area contributed by atoms with Crippen molar-refractivity contribution < 1.29 is 4.52 Å². The number of aromatic nitrogens is 6. The first-order valence-electron chi connectivity index (χ1n) is 5.53. The van der Waals surface area contributed by atoms with Gasteiger partial charge in [-0.15, -0.1) is 10.2 Å². The molecule has 3 aromatic rings. The van der Waals surface area contributed by atoms with Gasteiger partial charge in [0.2, 0.25) is 11.7 Å². The zero-order valence-electron chi connectivity index (χ0n) is 9.99. The molecular formula is C11H9BrN6O. The van der Waals surface area contributed by atoms with Crippen molar-refractivity contribution in [2.75, 3.05) is 0 Å². The highest BCUT2D eigenvalue weighted by atomic mass is 79.9. The smallest absolute Gasteiger partial charge is 0.250 e. The number of hydrogen-bond acceptors (Lipinski definition) is 6. The lowest BCUT2D eigenvalue weighted by atomic mass is 10.2. The van der Waals surface area contributed by atoms with Crippen LogP contribution in [0.5, 0.6) is 0 Å². The Hall–Kier alpha value is -2.09. The molecule has 2 aromatic heterocycles. The Kier molecular flexibility index (Phi) is 3.08. The second-order valence-electron chi connectivity index (χ2n) is 3.89. The third kappa shape index (κ3) is 2.68. The van der Waals surface area contributed by atoms with Gasteiger partial charge in [-0.2, -0.15) is 9.78 Å². The Labute approximate surface area is 116 Å². The molecule has 0 amide bonds. The minimum atomic E-state index is 0.310. The molecule has 0 bridgehead atoms. The van der Waals surface area contributed by atoms with Crippen LogP contribution in [0.15, 0.2) is 33.3 Å². The minimum absolute atomic E-state index is 0.310. The van der Waals surface area contributed by atoms with Gasteiger partial charge in [-0.25, -0.2) is 0 Å². The van der Waals surface area contributed by atoms with Crippen LogP contribution >= 0.6 is 15.9 Å². The van der Waals surface area contributed by atoms with Gasteiger partial charge < -0.3 is 4.52 Å². The van der Waals surface area contributed by atoms with Gasteiger partial charge in [-0.1, -0.05) is 21.1 Å².